The molecular formula is C10H14O5S3. The van der Waals surface area contributed by atoms with Crippen LogP contribution in [0.1, 0.15) is 20.1 Å². The summed E-state index contributed by atoms with van der Waals surface area (Å²) in [5.74, 6) is -0.841. The van der Waals surface area contributed by atoms with Crippen molar-refractivity contribution in [3.05, 3.63) is 21.4 Å². The maximum absolute atomic E-state index is 11.7. The molecule has 1 heterocycles. The second kappa shape index (κ2) is 5.94. The van der Waals surface area contributed by atoms with Crippen molar-refractivity contribution in [1.82, 2.24) is 0 Å². The third kappa shape index (κ3) is 4.87. The van der Waals surface area contributed by atoms with Gasteiger partial charge in [0.15, 0.2) is 0 Å². The van der Waals surface area contributed by atoms with Crippen molar-refractivity contribution in [1.29, 1.82) is 0 Å². The van der Waals surface area contributed by atoms with Gasteiger partial charge in [-0.2, -0.15) is 0 Å². The number of aryl methyl sites for hydroxylation is 1. The monoisotopic (exact) mass is 310 g/mol. The quantitative estimate of drug-likeness (QED) is 0.848. The smallest absolute Gasteiger partial charge is 0.345 e. The van der Waals surface area contributed by atoms with Crippen molar-refractivity contribution in [2.24, 2.45) is 0 Å². The Labute approximate surface area is 112 Å². The van der Waals surface area contributed by atoms with Crippen molar-refractivity contribution in [2.45, 2.75) is 12.7 Å². The zero-order valence-corrected chi connectivity index (χ0v) is 12.5. The fraction of sp³-hybridized carbons (Fsp3) is 0.500. The van der Waals surface area contributed by atoms with Crippen LogP contribution >= 0.6 is 11.3 Å². The number of aromatic carboxylic acids is 1. The van der Waals surface area contributed by atoms with Crippen molar-refractivity contribution >= 4 is 37.9 Å². The summed E-state index contributed by atoms with van der Waals surface area (Å²) in [5, 5.41) is 8.82. The number of hydrogen-bond donors (Lipinski definition) is 1. The SMILES string of the molecule is Cc1sc(C(=O)O)cc1CS(=O)CCS(C)(=O)=O. The van der Waals surface area contributed by atoms with E-state index >= 15 is 0 Å². The maximum atomic E-state index is 11.7. The Balaban J connectivity index is 2.68. The zero-order valence-electron chi connectivity index (χ0n) is 10.0. The Morgan fingerprint density at radius 1 is 1.50 bits per heavy atom. The van der Waals surface area contributed by atoms with Crippen molar-refractivity contribution < 1.29 is 22.5 Å². The molecule has 0 aliphatic carbocycles. The Morgan fingerprint density at radius 2 is 2.11 bits per heavy atom. The minimum Gasteiger partial charge on any atom is -0.477 e. The maximum Gasteiger partial charge on any atom is 0.345 e. The number of carboxylic acid groups (broad SMARTS) is 1. The first-order valence-corrected chi connectivity index (χ1v) is 9.41. The predicted octanol–water partition coefficient (Wildman–Crippen LogP) is 1.05. The Hall–Kier alpha value is -0.730. The van der Waals surface area contributed by atoms with Crippen LogP contribution in [-0.2, 0) is 26.4 Å². The third-order valence-corrected chi connectivity index (χ3v) is 5.81. The van der Waals surface area contributed by atoms with E-state index in [0.717, 1.165) is 22.5 Å². The van der Waals surface area contributed by atoms with Crippen LogP contribution in [0.4, 0.5) is 0 Å². The van der Waals surface area contributed by atoms with Crippen molar-refractivity contribution in [2.75, 3.05) is 17.8 Å². The van der Waals surface area contributed by atoms with Crippen LogP contribution in [0, 0.1) is 6.92 Å². The van der Waals surface area contributed by atoms with Gasteiger partial charge in [-0.3, -0.25) is 4.21 Å². The summed E-state index contributed by atoms with van der Waals surface area (Å²) in [7, 11) is -4.41. The molecule has 102 valence electrons. The highest BCUT2D eigenvalue weighted by Crippen LogP contribution is 2.22. The molecule has 0 aromatic carbocycles. The van der Waals surface area contributed by atoms with Crippen LogP contribution in [0.15, 0.2) is 6.07 Å². The van der Waals surface area contributed by atoms with Crippen LogP contribution in [-0.4, -0.2) is 41.5 Å². The van der Waals surface area contributed by atoms with Gasteiger partial charge in [-0.15, -0.1) is 11.3 Å². The first-order valence-electron chi connectivity index (χ1n) is 5.04. The molecule has 0 fully saturated rings. The minimum absolute atomic E-state index is 0.0799. The van der Waals surface area contributed by atoms with E-state index in [9.17, 15) is 17.4 Å². The Bertz CT molecular complexity index is 570. The summed E-state index contributed by atoms with van der Waals surface area (Å²) in [6, 6.07) is 1.50. The molecule has 8 heteroatoms. The van der Waals surface area contributed by atoms with E-state index in [0.29, 0.717) is 5.56 Å². The lowest BCUT2D eigenvalue weighted by Crippen LogP contribution is -2.12. The molecule has 0 saturated carbocycles. The Kier molecular flexibility index (Phi) is 5.06. The van der Waals surface area contributed by atoms with E-state index in [2.05, 4.69) is 0 Å². The van der Waals surface area contributed by atoms with E-state index < -0.39 is 26.6 Å². The van der Waals surface area contributed by atoms with Gasteiger partial charge in [0, 0.05) is 33.4 Å². The van der Waals surface area contributed by atoms with E-state index in [1.54, 1.807) is 6.92 Å². The van der Waals surface area contributed by atoms with Crippen LogP contribution in [0.5, 0.6) is 0 Å². The highest BCUT2D eigenvalue weighted by atomic mass is 32.2. The molecule has 0 bridgehead atoms. The molecule has 1 atom stereocenters. The zero-order chi connectivity index (χ0) is 13.9. The first kappa shape index (κ1) is 15.3. The van der Waals surface area contributed by atoms with Crippen molar-refractivity contribution in [3.8, 4) is 0 Å². The molecule has 1 aromatic heterocycles. The summed E-state index contributed by atoms with van der Waals surface area (Å²) in [6.45, 7) is 1.76. The number of carbonyl (C=O) groups is 1. The van der Waals surface area contributed by atoms with E-state index in [4.69, 9.17) is 5.11 Å². The van der Waals surface area contributed by atoms with Gasteiger partial charge in [-0.25, -0.2) is 13.2 Å². The van der Waals surface area contributed by atoms with Gasteiger partial charge in [0.2, 0.25) is 0 Å². The number of rotatable bonds is 6. The van der Waals surface area contributed by atoms with Crippen LogP contribution in [0.25, 0.3) is 0 Å². The molecule has 18 heavy (non-hydrogen) atoms. The summed E-state index contributed by atoms with van der Waals surface area (Å²) in [5.41, 5.74) is 0.712. The largest absolute Gasteiger partial charge is 0.477 e. The average molecular weight is 310 g/mol. The van der Waals surface area contributed by atoms with Gasteiger partial charge in [0.05, 0.1) is 5.75 Å². The molecule has 0 aliphatic heterocycles. The number of sulfone groups is 1. The van der Waals surface area contributed by atoms with Gasteiger partial charge in [-0.1, -0.05) is 0 Å². The molecule has 1 unspecified atom stereocenters. The first-order chi connectivity index (χ1) is 8.19. The molecule has 1 rings (SSSR count). The normalized spacial score (nSPS) is 13.4. The Morgan fingerprint density at radius 3 is 2.56 bits per heavy atom. The van der Waals surface area contributed by atoms with Crippen LogP contribution in [0.3, 0.4) is 0 Å². The van der Waals surface area contributed by atoms with Crippen molar-refractivity contribution in [3.63, 3.8) is 0 Å². The molecule has 0 spiro atoms. The van der Waals surface area contributed by atoms with E-state index in [-0.39, 0.29) is 22.1 Å². The van der Waals surface area contributed by atoms with E-state index in [1.807, 2.05) is 0 Å². The highest BCUT2D eigenvalue weighted by Gasteiger charge is 2.14. The molecule has 1 aromatic rings. The van der Waals surface area contributed by atoms with Crippen LogP contribution < -0.4 is 0 Å². The highest BCUT2D eigenvalue weighted by molar-refractivity contribution is 7.92. The molecule has 5 nitrogen and oxygen atoms in total. The topological polar surface area (TPSA) is 88.5 Å². The number of hydrogen-bond acceptors (Lipinski definition) is 5. The lowest BCUT2D eigenvalue weighted by Gasteiger charge is -2.01. The summed E-state index contributed by atoms with van der Waals surface area (Å²) in [4.78, 5) is 11.8. The molecule has 0 amide bonds. The second-order valence-electron chi connectivity index (χ2n) is 3.92. The van der Waals surface area contributed by atoms with Gasteiger partial charge in [0.25, 0.3) is 0 Å². The van der Waals surface area contributed by atoms with Gasteiger partial charge in [0.1, 0.15) is 14.7 Å². The standard InChI is InChI=1S/C10H14O5S3/c1-7-8(5-9(16-7)10(11)12)6-17(13)3-4-18(2,14)15/h5H,3-4,6H2,1-2H3,(H,11,12). The summed E-state index contributed by atoms with van der Waals surface area (Å²) in [6.07, 6.45) is 1.10. The van der Waals surface area contributed by atoms with Crippen LogP contribution in [0.2, 0.25) is 0 Å². The van der Waals surface area contributed by atoms with E-state index in [1.165, 1.54) is 6.07 Å². The van der Waals surface area contributed by atoms with Gasteiger partial charge >= 0.3 is 5.97 Å². The summed E-state index contributed by atoms with van der Waals surface area (Å²) >= 11 is 1.14. The predicted molar refractivity (Wildman–Crippen MR) is 72.4 cm³/mol. The fourth-order valence-electron chi connectivity index (χ4n) is 1.26. The molecule has 0 aliphatic rings. The summed E-state index contributed by atoms with van der Waals surface area (Å²) < 4.78 is 33.6. The van der Waals surface area contributed by atoms with Gasteiger partial charge < -0.3 is 5.11 Å². The molecule has 1 N–H and O–H groups in total. The number of thiophene rings is 1. The minimum atomic E-state index is -3.11. The lowest BCUT2D eigenvalue weighted by molar-refractivity contribution is 0.0702. The second-order valence-corrected chi connectivity index (χ2v) is 9.01. The third-order valence-electron chi connectivity index (χ3n) is 2.23. The molecule has 0 radical (unpaired) electrons. The fourth-order valence-corrected chi connectivity index (χ4v) is 4.98. The molecule has 0 saturated heterocycles. The lowest BCUT2D eigenvalue weighted by atomic mass is 10.3. The molecular weight excluding hydrogens is 296 g/mol. The average Bonchev–Trinajstić information content (AvgIpc) is 2.57. The van der Waals surface area contributed by atoms with Gasteiger partial charge in [-0.05, 0) is 18.6 Å². The number of carboxylic acids is 1.